The van der Waals surface area contributed by atoms with Gasteiger partial charge in [0.2, 0.25) is 0 Å². The largest absolute Gasteiger partial charge is 0.493 e. The van der Waals surface area contributed by atoms with Crippen molar-refractivity contribution in [1.82, 2.24) is 5.32 Å². The molecule has 0 saturated carbocycles. The van der Waals surface area contributed by atoms with Crippen molar-refractivity contribution in [1.29, 1.82) is 0 Å². The number of carboxylic acids is 1. The zero-order valence-electron chi connectivity index (χ0n) is 11.8. The lowest BCUT2D eigenvalue weighted by Gasteiger charge is -2.14. The molecule has 1 aromatic rings. The molecule has 7 nitrogen and oxygen atoms in total. The minimum absolute atomic E-state index is 0.277. The van der Waals surface area contributed by atoms with Gasteiger partial charge in [-0.1, -0.05) is 6.07 Å². The van der Waals surface area contributed by atoms with Crippen molar-refractivity contribution < 1.29 is 29.0 Å². The lowest BCUT2D eigenvalue weighted by molar-refractivity contribution is -0.144. The van der Waals surface area contributed by atoms with Gasteiger partial charge >= 0.3 is 5.97 Å². The van der Waals surface area contributed by atoms with Crippen molar-refractivity contribution in [3.63, 3.8) is 0 Å². The van der Waals surface area contributed by atoms with Crippen LogP contribution in [0.3, 0.4) is 0 Å². The number of ether oxygens (including phenoxy) is 2. The van der Waals surface area contributed by atoms with Gasteiger partial charge < -0.3 is 14.6 Å². The van der Waals surface area contributed by atoms with Crippen molar-refractivity contribution >= 4 is 35.0 Å². The Hall–Kier alpha value is -2.48. The second-order valence-corrected chi connectivity index (χ2v) is 5.38. The number of amides is 2. The van der Waals surface area contributed by atoms with Crippen LogP contribution in [-0.4, -0.2) is 35.4 Å². The van der Waals surface area contributed by atoms with Crippen molar-refractivity contribution in [2.45, 2.75) is 13.0 Å². The normalized spacial score (nSPS) is 17.3. The second kappa shape index (κ2) is 6.52. The molecule has 1 atom stereocenters. The van der Waals surface area contributed by atoms with Gasteiger partial charge in [-0.05, 0) is 42.5 Å². The number of rotatable bonds is 5. The van der Waals surface area contributed by atoms with Crippen LogP contribution >= 0.6 is 11.8 Å². The van der Waals surface area contributed by atoms with Gasteiger partial charge in [-0.15, -0.1) is 0 Å². The van der Waals surface area contributed by atoms with E-state index in [0.29, 0.717) is 11.3 Å². The van der Waals surface area contributed by atoms with E-state index in [-0.39, 0.29) is 10.7 Å². The van der Waals surface area contributed by atoms with Gasteiger partial charge in [0, 0.05) is 0 Å². The Labute approximate surface area is 130 Å². The number of imide groups is 1. The number of nitrogens with one attached hydrogen (secondary N) is 1. The Morgan fingerprint density at radius 2 is 2.09 bits per heavy atom. The molecule has 1 heterocycles. The molecule has 0 unspecified atom stereocenters. The molecule has 1 fully saturated rings. The van der Waals surface area contributed by atoms with Crippen LogP contribution in [0.4, 0.5) is 4.79 Å². The van der Waals surface area contributed by atoms with Crippen LogP contribution in [0.15, 0.2) is 23.1 Å². The average molecular weight is 323 g/mol. The molecule has 0 radical (unpaired) electrons. The minimum atomic E-state index is -1.09. The van der Waals surface area contributed by atoms with E-state index in [9.17, 15) is 14.4 Å². The van der Waals surface area contributed by atoms with Crippen LogP contribution in [0.5, 0.6) is 11.5 Å². The van der Waals surface area contributed by atoms with Crippen LogP contribution < -0.4 is 14.8 Å². The summed E-state index contributed by atoms with van der Waals surface area (Å²) in [5.41, 5.74) is 0.625. The number of hydrogen-bond donors (Lipinski definition) is 2. The number of aliphatic carboxylic acids is 1. The van der Waals surface area contributed by atoms with Crippen LogP contribution in [-0.2, 0) is 9.59 Å². The molecule has 2 amide bonds. The Bertz CT molecular complexity index is 669. The number of methoxy groups -OCH3 is 1. The summed E-state index contributed by atoms with van der Waals surface area (Å²) in [5, 5.41) is 10.6. The lowest BCUT2D eigenvalue weighted by atomic mass is 10.2. The zero-order chi connectivity index (χ0) is 16.3. The summed E-state index contributed by atoms with van der Waals surface area (Å²) in [6.45, 7) is 1.41. The molecule has 0 aliphatic carbocycles. The number of benzene rings is 1. The third-order valence-electron chi connectivity index (χ3n) is 2.78. The molecule has 0 spiro atoms. The Balaban J connectivity index is 2.26. The van der Waals surface area contributed by atoms with E-state index in [0.717, 1.165) is 11.8 Å². The summed E-state index contributed by atoms with van der Waals surface area (Å²) in [4.78, 5) is 33.7. The van der Waals surface area contributed by atoms with E-state index in [4.69, 9.17) is 14.6 Å². The number of hydrogen-bond acceptors (Lipinski definition) is 6. The summed E-state index contributed by atoms with van der Waals surface area (Å²) in [6, 6.07) is 4.77. The molecule has 1 saturated heterocycles. The SMILES string of the molecule is COc1cc(/C=C2\SC(=O)NC2=O)ccc1O[C@@H](C)C(=O)O. The summed E-state index contributed by atoms with van der Waals surface area (Å²) < 4.78 is 10.4. The number of carboxylic acid groups (broad SMARTS) is 1. The lowest BCUT2D eigenvalue weighted by Crippen LogP contribution is -2.23. The molecule has 1 aliphatic heterocycles. The van der Waals surface area contributed by atoms with E-state index < -0.39 is 23.2 Å². The van der Waals surface area contributed by atoms with E-state index >= 15 is 0 Å². The third kappa shape index (κ3) is 3.59. The average Bonchev–Trinajstić information content (AvgIpc) is 2.78. The summed E-state index contributed by atoms with van der Waals surface area (Å²) in [5.74, 6) is -0.934. The fraction of sp³-hybridized carbons (Fsp3) is 0.214. The first-order valence-electron chi connectivity index (χ1n) is 6.23. The quantitative estimate of drug-likeness (QED) is 0.797. The van der Waals surface area contributed by atoms with Crippen LogP contribution in [0.1, 0.15) is 12.5 Å². The van der Waals surface area contributed by atoms with E-state index in [1.165, 1.54) is 20.1 Å². The van der Waals surface area contributed by atoms with Gasteiger partial charge in [0.1, 0.15) is 0 Å². The van der Waals surface area contributed by atoms with Crippen LogP contribution in [0.2, 0.25) is 0 Å². The molecular formula is C14H13NO6S. The molecule has 2 rings (SSSR count). The highest BCUT2D eigenvalue weighted by molar-refractivity contribution is 8.18. The smallest absolute Gasteiger partial charge is 0.344 e. The molecule has 116 valence electrons. The van der Waals surface area contributed by atoms with Crippen molar-refractivity contribution in [2.24, 2.45) is 0 Å². The monoisotopic (exact) mass is 323 g/mol. The second-order valence-electron chi connectivity index (χ2n) is 4.36. The first-order chi connectivity index (χ1) is 10.4. The molecule has 1 aromatic carbocycles. The standard InChI is InChI=1S/C14H13NO6S/c1-7(13(17)18)21-9-4-3-8(5-10(9)20-2)6-11-12(16)15-14(19)22-11/h3-7H,1-2H3,(H,17,18)(H,15,16,19)/b11-6-/t7-/m0/s1. The van der Waals surface area contributed by atoms with Crippen molar-refractivity contribution in [2.75, 3.05) is 7.11 Å². The Morgan fingerprint density at radius 3 is 2.64 bits per heavy atom. The van der Waals surface area contributed by atoms with Crippen LogP contribution in [0.25, 0.3) is 6.08 Å². The highest BCUT2D eigenvalue weighted by Gasteiger charge is 2.25. The zero-order valence-corrected chi connectivity index (χ0v) is 12.6. The molecule has 0 bridgehead atoms. The predicted molar refractivity (Wildman–Crippen MR) is 79.8 cm³/mol. The van der Waals surface area contributed by atoms with Gasteiger partial charge in [-0.3, -0.25) is 14.9 Å². The van der Waals surface area contributed by atoms with Crippen molar-refractivity contribution in [3.8, 4) is 11.5 Å². The van der Waals surface area contributed by atoms with E-state index in [2.05, 4.69) is 5.32 Å². The van der Waals surface area contributed by atoms with E-state index in [1.54, 1.807) is 18.2 Å². The molecular weight excluding hydrogens is 310 g/mol. The molecule has 2 N–H and O–H groups in total. The molecule has 8 heteroatoms. The number of carbonyl (C=O) groups excluding carboxylic acids is 2. The van der Waals surface area contributed by atoms with Gasteiger partial charge in [-0.2, -0.15) is 0 Å². The predicted octanol–water partition coefficient (Wildman–Crippen LogP) is 1.87. The Kier molecular flexibility index (Phi) is 4.71. The van der Waals surface area contributed by atoms with Gasteiger partial charge in [0.05, 0.1) is 12.0 Å². The van der Waals surface area contributed by atoms with Gasteiger partial charge in [-0.25, -0.2) is 4.79 Å². The highest BCUT2D eigenvalue weighted by Crippen LogP contribution is 2.32. The van der Waals surface area contributed by atoms with Gasteiger partial charge in [0.15, 0.2) is 17.6 Å². The first-order valence-corrected chi connectivity index (χ1v) is 7.04. The maximum absolute atomic E-state index is 11.5. The summed E-state index contributed by atoms with van der Waals surface area (Å²) in [6.07, 6.45) is 0.518. The molecule has 0 aromatic heterocycles. The summed E-state index contributed by atoms with van der Waals surface area (Å²) >= 11 is 0.812. The number of thioether (sulfide) groups is 1. The molecule has 22 heavy (non-hydrogen) atoms. The van der Waals surface area contributed by atoms with Gasteiger partial charge in [0.25, 0.3) is 11.1 Å². The third-order valence-corrected chi connectivity index (χ3v) is 3.59. The topological polar surface area (TPSA) is 102 Å². The summed E-state index contributed by atoms with van der Waals surface area (Å²) in [7, 11) is 1.42. The van der Waals surface area contributed by atoms with E-state index in [1.807, 2.05) is 0 Å². The van der Waals surface area contributed by atoms with Crippen molar-refractivity contribution in [3.05, 3.63) is 28.7 Å². The van der Waals surface area contributed by atoms with Crippen LogP contribution in [0, 0.1) is 0 Å². The fourth-order valence-corrected chi connectivity index (χ4v) is 2.37. The maximum atomic E-state index is 11.5. The fourth-order valence-electron chi connectivity index (χ4n) is 1.68. The number of carbonyl (C=O) groups is 3. The minimum Gasteiger partial charge on any atom is -0.493 e. The Morgan fingerprint density at radius 1 is 1.36 bits per heavy atom. The maximum Gasteiger partial charge on any atom is 0.344 e. The first kappa shape index (κ1) is 15.9. The molecule has 1 aliphatic rings. The highest BCUT2D eigenvalue weighted by atomic mass is 32.2.